The molecule has 2 aromatic rings. The van der Waals surface area contributed by atoms with Gasteiger partial charge in [-0.3, -0.25) is 0 Å². The van der Waals surface area contributed by atoms with Crippen LogP contribution in [-0.2, 0) is 24.0 Å². The van der Waals surface area contributed by atoms with Gasteiger partial charge in [0, 0.05) is 30.9 Å². The lowest BCUT2D eigenvalue weighted by Crippen LogP contribution is -2.47. The second-order valence-electron chi connectivity index (χ2n) is 7.20. The van der Waals surface area contributed by atoms with Gasteiger partial charge in [-0.05, 0) is 37.3 Å². The average molecular weight is 366 g/mol. The molecule has 6 nitrogen and oxygen atoms in total. The van der Waals surface area contributed by atoms with Gasteiger partial charge >= 0.3 is 6.03 Å². The number of morpholine rings is 1. The molecule has 1 fully saturated rings. The van der Waals surface area contributed by atoms with Crippen LogP contribution in [0.5, 0.6) is 0 Å². The number of nitrogens with zero attached hydrogens (tertiary/aromatic N) is 3. The number of benzene rings is 1. The molecule has 1 saturated heterocycles. The largest absolute Gasteiger partial charge is 0.370 e. The molecule has 1 aromatic heterocycles. The molecule has 4 rings (SSSR count). The number of ether oxygens (including phenoxy) is 1. The van der Waals surface area contributed by atoms with Crippen LogP contribution in [0.15, 0.2) is 30.3 Å². The summed E-state index contributed by atoms with van der Waals surface area (Å²) in [6.07, 6.45) is 3.91. The number of nitrogens with one attached hydrogen (secondary N) is 1. The zero-order chi connectivity index (χ0) is 18.6. The molecule has 1 aliphatic heterocycles. The number of carbonyl (C=O) groups excluding carboxylic acids is 1. The third-order valence-electron chi connectivity index (χ3n) is 5.34. The van der Waals surface area contributed by atoms with E-state index in [1.165, 1.54) is 17.7 Å². The Hall–Kier alpha value is -2.47. The molecular formula is C21H26N4O2. The first-order valence-electron chi connectivity index (χ1n) is 9.75. The number of urea groups is 1. The summed E-state index contributed by atoms with van der Waals surface area (Å²) in [7, 11) is 0. The van der Waals surface area contributed by atoms with Crippen molar-refractivity contribution < 1.29 is 9.53 Å². The molecule has 27 heavy (non-hydrogen) atoms. The van der Waals surface area contributed by atoms with Gasteiger partial charge in [-0.15, -0.1) is 0 Å². The molecule has 142 valence electrons. The summed E-state index contributed by atoms with van der Waals surface area (Å²) in [5, 5.41) is 3.01. The molecule has 1 aromatic carbocycles. The first-order valence-corrected chi connectivity index (χ1v) is 9.75. The van der Waals surface area contributed by atoms with Gasteiger partial charge in [0.15, 0.2) is 0 Å². The summed E-state index contributed by atoms with van der Waals surface area (Å²) in [6, 6.07) is 10.0. The Morgan fingerprint density at radius 3 is 2.96 bits per heavy atom. The lowest BCUT2D eigenvalue weighted by Gasteiger charge is -2.33. The van der Waals surface area contributed by atoms with E-state index in [9.17, 15) is 4.79 Å². The smallest absolute Gasteiger partial charge is 0.317 e. The standard InChI is InChI=1S/C21H26N4O2/c1-15-17-8-5-9-18(17)24-20(23-15)10-11-22-21(26)25-12-13-27-19(14-25)16-6-3-2-4-7-16/h2-4,6-7,19H,5,8-14H2,1H3,(H,22,26)/t19-/m1/s1. The molecule has 0 saturated carbocycles. The maximum absolute atomic E-state index is 12.5. The third-order valence-corrected chi connectivity index (χ3v) is 5.34. The first kappa shape index (κ1) is 17.9. The van der Waals surface area contributed by atoms with E-state index >= 15 is 0 Å². The normalized spacial score (nSPS) is 19.0. The fourth-order valence-corrected chi connectivity index (χ4v) is 3.89. The van der Waals surface area contributed by atoms with Crippen LogP contribution in [0.2, 0.25) is 0 Å². The van der Waals surface area contributed by atoms with Crippen LogP contribution in [0.3, 0.4) is 0 Å². The molecule has 1 aliphatic carbocycles. The fraction of sp³-hybridized carbons (Fsp3) is 0.476. The van der Waals surface area contributed by atoms with E-state index < -0.39 is 0 Å². The lowest BCUT2D eigenvalue weighted by atomic mass is 10.1. The van der Waals surface area contributed by atoms with E-state index in [0.29, 0.717) is 32.7 Å². The van der Waals surface area contributed by atoms with Crippen molar-refractivity contribution in [1.29, 1.82) is 0 Å². The van der Waals surface area contributed by atoms with E-state index in [1.54, 1.807) is 0 Å². The highest BCUT2D eigenvalue weighted by atomic mass is 16.5. The number of aryl methyl sites for hydroxylation is 2. The van der Waals surface area contributed by atoms with Gasteiger partial charge in [0.05, 0.1) is 13.2 Å². The fourth-order valence-electron chi connectivity index (χ4n) is 3.89. The molecule has 1 N–H and O–H groups in total. The third kappa shape index (κ3) is 4.11. The Kier molecular flexibility index (Phi) is 5.34. The van der Waals surface area contributed by atoms with Crippen molar-refractivity contribution >= 4 is 6.03 Å². The minimum absolute atomic E-state index is 0.0443. The van der Waals surface area contributed by atoms with Crippen molar-refractivity contribution in [2.24, 2.45) is 0 Å². The van der Waals surface area contributed by atoms with Crippen molar-refractivity contribution in [3.05, 3.63) is 58.7 Å². The highest BCUT2D eigenvalue weighted by Gasteiger charge is 2.25. The predicted octanol–water partition coefficient (Wildman–Crippen LogP) is 2.60. The minimum atomic E-state index is -0.0617. The number of hydrogen-bond acceptors (Lipinski definition) is 4. The van der Waals surface area contributed by atoms with E-state index in [-0.39, 0.29) is 12.1 Å². The van der Waals surface area contributed by atoms with Crippen LogP contribution in [0.1, 0.15) is 40.9 Å². The molecule has 0 radical (unpaired) electrons. The monoisotopic (exact) mass is 366 g/mol. The van der Waals surface area contributed by atoms with Crippen LogP contribution in [0, 0.1) is 6.92 Å². The number of aromatic nitrogens is 2. The van der Waals surface area contributed by atoms with Gasteiger partial charge in [0.2, 0.25) is 0 Å². The number of carbonyl (C=O) groups is 1. The van der Waals surface area contributed by atoms with Crippen LogP contribution < -0.4 is 5.32 Å². The Bertz CT molecular complexity index is 809. The number of fused-ring (bicyclic) bond motifs is 1. The summed E-state index contributed by atoms with van der Waals surface area (Å²) in [5.41, 5.74) is 4.72. The second-order valence-corrected chi connectivity index (χ2v) is 7.20. The topological polar surface area (TPSA) is 67.4 Å². The predicted molar refractivity (Wildman–Crippen MR) is 103 cm³/mol. The van der Waals surface area contributed by atoms with Gasteiger partial charge in [-0.2, -0.15) is 0 Å². The van der Waals surface area contributed by atoms with Crippen molar-refractivity contribution in [2.45, 2.75) is 38.7 Å². The molecule has 1 atom stereocenters. The van der Waals surface area contributed by atoms with Crippen LogP contribution >= 0.6 is 0 Å². The highest BCUT2D eigenvalue weighted by Crippen LogP contribution is 2.23. The summed E-state index contributed by atoms with van der Waals surface area (Å²) in [5.74, 6) is 0.831. The Morgan fingerprint density at radius 2 is 2.11 bits per heavy atom. The van der Waals surface area contributed by atoms with Crippen molar-refractivity contribution in [2.75, 3.05) is 26.2 Å². The number of rotatable bonds is 4. The molecule has 0 unspecified atom stereocenters. The Labute approximate surface area is 160 Å². The minimum Gasteiger partial charge on any atom is -0.370 e. The van der Waals surface area contributed by atoms with Crippen molar-refractivity contribution in [1.82, 2.24) is 20.2 Å². The zero-order valence-electron chi connectivity index (χ0n) is 15.8. The van der Waals surface area contributed by atoms with Gasteiger partial charge < -0.3 is 15.0 Å². The zero-order valence-corrected chi connectivity index (χ0v) is 15.8. The van der Waals surface area contributed by atoms with Crippen LogP contribution in [0.25, 0.3) is 0 Å². The van der Waals surface area contributed by atoms with E-state index in [1.807, 2.05) is 35.2 Å². The Morgan fingerprint density at radius 1 is 1.26 bits per heavy atom. The summed E-state index contributed by atoms with van der Waals surface area (Å²) in [6.45, 7) is 4.35. The number of hydrogen-bond donors (Lipinski definition) is 1. The second kappa shape index (κ2) is 8.05. The van der Waals surface area contributed by atoms with Crippen LogP contribution in [-0.4, -0.2) is 47.1 Å². The van der Waals surface area contributed by atoms with Gasteiger partial charge in [0.1, 0.15) is 11.9 Å². The Balaban J connectivity index is 1.30. The molecule has 2 amide bonds. The van der Waals surface area contributed by atoms with Gasteiger partial charge in [0.25, 0.3) is 0 Å². The van der Waals surface area contributed by atoms with E-state index in [2.05, 4.69) is 22.2 Å². The summed E-state index contributed by atoms with van der Waals surface area (Å²) >= 11 is 0. The van der Waals surface area contributed by atoms with Crippen molar-refractivity contribution in [3.63, 3.8) is 0 Å². The highest BCUT2D eigenvalue weighted by molar-refractivity contribution is 5.74. The quantitative estimate of drug-likeness (QED) is 0.903. The molecular weight excluding hydrogens is 340 g/mol. The van der Waals surface area contributed by atoms with Crippen molar-refractivity contribution in [3.8, 4) is 0 Å². The molecule has 0 spiro atoms. The summed E-state index contributed by atoms with van der Waals surface area (Å²) < 4.78 is 5.83. The van der Waals surface area contributed by atoms with Crippen LogP contribution in [0.4, 0.5) is 4.79 Å². The molecule has 0 bridgehead atoms. The van der Waals surface area contributed by atoms with Gasteiger partial charge in [-0.1, -0.05) is 30.3 Å². The average Bonchev–Trinajstić information content (AvgIpc) is 3.18. The molecule has 6 heteroatoms. The SMILES string of the molecule is Cc1nc(CCNC(=O)N2CCO[C@@H](c3ccccc3)C2)nc2c1CCC2. The van der Waals surface area contributed by atoms with E-state index in [4.69, 9.17) is 4.74 Å². The number of amides is 2. The maximum atomic E-state index is 12.5. The lowest BCUT2D eigenvalue weighted by molar-refractivity contribution is -0.0154. The molecule has 2 aliphatic rings. The van der Waals surface area contributed by atoms with Gasteiger partial charge in [-0.25, -0.2) is 14.8 Å². The maximum Gasteiger partial charge on any atom is 0.317 e. The molecule has 2 heterocycles. The first-order chi connectivity index (χ1) is 13.2. The summed E-state index contributed by atoms with van der Waals surface area (Å²) in [4.78, 5) is 23.7. The van der Waals surface area contributed by atoms with E-state index in [0.717, 1.165) is 29.9 Å².